The number of rotatable bonds is 5. The molecule has 0 amide bonds. The van der Waals surface area contributed by atoms with Crippen molar-refractivity contribution < 1.29 is 5.11 Å². The zero-order valence-electron chi connectivity index (χ0n) is 12.1. The van der Waals surface area contributed by atoms with Gasteiger partial charge in [-0.2, -0.15) is 0 Å². The standard InChI is InChI=1S/C18H17ClN2O/c19-16-11-14(18(22)17-15(16)7-4-9-21-17)12-20-10-8-13-5-2-1-3-6-13/h1-7,9,11,20,22H,8,10,12H2. The molecule has 0 fully saturated rings. The van der Waals surface area contributed by atoms with E-state index >= 15 is 0 Å². The van der Waals surface area contributed by atoms with Gasteiger partial charge in [0.15, 0.2) is 0 Å². The summed E-state index contributed by atoms with van der Waals surface area (Å²) in [7, 11) is 0. The van der Waals surface area contributed by atoms with E-state index in [1.165, 1.54) is 5.56 Å². The highest BCUT2D eigenvalue weighted by atomic mass is 35.5. The smallest absolute Gasteiger partial charge is 0.146 e. The fourth-order valence-electron chi connectivity index (χ4n) is 2.47. The van der Waals surface area contributed by atoms with Crippen molar-refractivity contribution >= 4 is 22.5 Å². The summed E-state index contributed by atoms with van der Waals surface area (Å²) in [6.45, 7) is 1.40. The molecule has 3 nitrogen and oxygen atoms in total. The minimum Gasteiger partial charge on any atom is -0.505 e. The predicted octanol–water partition coefficient (Wildman–Crippen LogP) is 3.93. The maximum atomic E-state index is 10.3. The molecular formula is C18H17ClN2O. The van der Waals surface area contributed by atoms with Crippen molar-refractivity contribution in [1.82, 2.24) is 10.3 Å². The Labute approximate surface area is 134 Å². The maximum Gasteiger partial charge on any atom is 0.146 e. The Balaban J connectivity index is 1.68. The van der Waals surface area contributed by atoms with E-state index in [9.17, 15) is 5.11 Å². The number of hydrogen-bond acceptors (Lipinski definition) is 3. The van der Waals surface area contributed by atoms with Gasteiger partial charge in [0, 0.05) is 23.7 Å². The van der Waals surface area contributed by atoms with E-state index in [-0.39, 0.29) is 5.75 Å². The zero-order chi connectivity index (χ0) is 15.4. The molecule has 0 saturated carbocycles. The first-order chi connectivity index (χ1) is 10.8. The van der Waals surface area contributed by atoms with E-state index in [2.05, 4.69) is 22.4 Å². The van der Waals surface area contributed by atoms with E-state index < -0.39 is 0 Å². The number of benzene rings is 2. The Morgan fingerprint density at radius 2 is 1.91 bits per heavy atom. The lowest BCUT2D eigenvalue weighted by Gasteiger charge is -2.10. The number of nitrogens with one attached hydrogen (secondary N) is 1. The third-order valence-corrected chi connectivity index (χ3v) is 3.96. The molecule has 1 aromatic heterocycles. The molecule has 3 rings (SSSR count). The van der Waals surface area contributed by atoms with Gasteiger partial charge in [0.05, 0.1) is 5.02 Å². The topological polar surface area (TPSA) is 45.1 Å². The second-order valence-electron chi connectivity index (χ2n) is 5.18. The van der Waals surface area contributed by atoms with Crippen LogP contribution in [0.2, 0.25) is 5.02 Å². The molecule has 22 heavy (non-hydrogen) atoms. The summed E-state index contributed by atoms with van der Waals surface area (Å²) in [5.41, 5.74) is 2.61. The van der Waals surface area contributed by atoms with Gasteiger partial charge < -0.3 is 10.4 Å². The first-order valence-electron chi connectivity index (χ1n) is 7.25. The second kappa shape index (κ2) is 6.77. The molecule has 112 valence electrons. The van der Waals surface area contributed by atoms with Crippen LogP contribution >= 0.6 is 11.6 Å². The third-order valence-electron chi connectivity index (χ3n) is 3.64. The lowest BCUT2D eigenvalue weighted by atomic mass is 10.1. The molecule has 1 heterocycles. The van der Waals surface area contributed by atoms with Crippen molar-refractivity contribution in [3.8, 4) is 5.75 Å². The summed E-state index contributed by atoms with van der Waals surface area (Å²) in [6.07, 6.45) is 2.60. The number of phenols is 1. The minimum absolute atomic E-state index is 0.201. The quantitative estimate of drug-likeness (QED) is 0.702. The second-order valence-corrected chi connectivity index (χ2v) is 5.59. The zero-order valence-corrected chi connectivity index (χ0v) is 12.8. The van der Waals surface area contributed by atoms with E-state index in [0.29, 0.717) is 17.1 Å². The van der Waals surface area contributed by atoms with E-state index in [1.807, 2.05) is 30.3 Å². The van der Waals surface area contributed by atoms with Gasteiger partial charge in [0.1, 0.15) is 11.3 Å². The summed E-state index contributed by atoms with van der Waals surface area (Å²) >= 11 is 6.26. The van der Waals surface area contributed by atoms with Crippen LogP contribution in [0.4, 0.5) is 0 Å². The van der Waals surface area contributed by atoms with Crippen molar-refractivity contribution in [3.63, 3.8) is 0 Å². The fraction of sp³-hybridized carbons (Fsp3) is 0.167. The fourth-order valence-corrected chi connectivity index (χ4v) is 2.76. The highest BCUT2D eigenvalue weighted by Gasteiger charge is 2.10. The highest BCUT2D eigenvalue weighted by Crippen LogP contribution is 2.32. The molecule has 0 bridgehead atoms. The lowest BCUT2D eigenvalue weighted by Crippen LogP contribution is -2.16. The molecule has 3 aromatic rings. The van der Waals surface area contributed by atoms with Crippen LogP contribution in [-0.4, -0.2) is 16.6 Å². The largest absolute Gasteiger partial charge is 0.505 e. The first kappa shape index (κ1) is 14.8. The molecule has 0 unspecified atom stereocenters. The number of aromatic nitrogens is 1. The molecule has 0 spiro atoms. The van der Waals surface area contributed by atoms with Gasteiger partial charge in [-0.05, 0) is 36.7 Å². The van der Waals surface area contributed by atoms with E-state index in [0.717, 1.165) is 23.9 Å². The average Bonchev–Trinajstić information content (AvgIpc) is 2.57. The van der Waals surface area contributed by atoms with Crippen LogP contribution in [0, 0.1) is 0 Å². The Morgan fingerprint density at radius 1 is 1.09 bits per heavy atom. The van der Waals surface area contributed by atoms with Gasteiger partial charge in [-0.25, -0.2) is 0 Å². The Hall–Kier alpha value is -2.10. The lowest BCUT2D eigenvalue weighted by molar-refractivity contribution is 0.470. The molecule has 4 heteroatoms. The monoisotopic (exact) mass is 312 g/mol. The summed E-state index contributed by atoms with van der Waals surface area (Å²) < 4.78 is 0. The summed E-state index contributed by atoms with van der Waals surface area (Å²) in [6, 6.07) is 15.8. The third kappa shape index (κ3) is 3.21. The van der Waals surface area contributed by atoms with Gasteiger partial charge in [0.25, 0.3) is 0 Å². The average molecular weight is 313 g/mol. The van der Waals surface area contributed by atoms with Gasteiger partial charge >= 0.3 is 0 Å². The van der Waals surface area contributed by atoms with Gasteiger partial charge in [0.2, 0.25) is 0 Å². The Morgan fingerprint density at radius 3 is 2.73 bits per heavy atom. The molecule has 0 aliphatic heterocycles. The van der Waals surface area contributed by atoms with Crippen LogP contribution in [0.25, 0.3) is 10.9 Å². The molecule has 2 aromatic carbocycles. The number of phenolic OH excluding ortho intramolecular Hbond substituents is 1. The number of nitrogens with zero attached hydrogens (tertiary/aromatic N) is 1. The van der Waals surface area contributed by atoms with Crippen molar-refractivity contribution in [2.45, 2.75) is 13.0 Å². The van der Waals surface area contributed by atoms with Gasteiger partial charge in [-0.3, -0.25) is 4.98 Å². The predicted molar refractivity (Wildman–Crippen MR) is 90.3 cm³/mol. The SMILES string of the molecule is Oc1c(CNCCc2ccccc2)cc(Cl)c2cccnc12. The van der Waals surface area contributed by atoms with Crippen LogP contribution in [-0.2, 0) is 13.0 Å². The minimum atomic E-state index is 0.201. The van der Waals surface area contributed by atoms with Crippen molar-refractivity contribution in [3.05, 3.63) is 70.9 Å². The van der Waals surface area contributed by atoms with E-state index in [1.54, 1.807) is 12.3 Å². The van der Waals surface area contributed by atoms with Gasteiger partial charge in [-0.15, -0.1) is 0 Å². The van der Waals surface area contributed by atoms with Crippen LogP contribution in [0.3, 0.4) is 0 Å². The van der Waals surface area contributed by atoms with Crippen LogP contribution in [0.15, 0.2) is 54.7 Å². The summed E-state index contributed by atoms with van der Waals surface area (Å²) in [4.78, 5) is 4.22. The first-order valence-corrected chi connectivity index (χ1v) is 7.63. The molecular weight excluding hydrogens is 296 g/mol. The normalized spacial score (nSPS) is 11.0. The number of hydrogen-bond donors (Lipinski definition) is 2. The van der Waals surface area contributed by atoms with Crippen LogP contribution < -0.4 is 5.32 Å². The number of halogens is 1. The molecule has 0 aliphatic rings. The molecule has 0 aliphatic carbocycles. The Bertz CT molecular complexity index is 775. The summed E-state index contributed by atoms with van der Waals surface area (Å²) in [5, 5.41) is 15.1. The maximum absolute atomic E-state index is 10.3. The summed E-state index contributed by atoms with van der Waals surface area (Å²) in [5.74, 6) is 0.201. The van der Waals surface area contributed by atoms with Crippen LogP contribution in [0.1, 0.15) is 11.1 Å². The Kier molecular flexibility index (Phi) is 4.56. The van der Waals surface area contributed by atoms with Crippen molar-refractivity contribution in [1.29, 1.82) is 0 Å². The molecule has 0 saturated heterocycles. The van der Waals surface area contributed by atoms with Crippen molar-refractivity contribution in [2.24, 2.45) is 0 Å². The van der Waals surface area contributed by atoms with E-state index in [4.69, 9.17) is 11.6 Å². The number of pyridine rings is 1. The molecule has 0 radical (unpaired) electrons. The van der Waals surface area contributed by atoms with Crippen LogP contribution in [0.5, 0.6) is 5.75 Å². The molecule has 0 atom stereocenters. The van der Waals surface area contributed by atoms with Gasteiger partial charge in [-0.1, -0.05) is 41.9 Å². The molecule has 2 N–H and O–H groups in total. The van der Waals surface area contributed by atoms with Crippen molar-refractivity contribution in [2.75, 3.05) is 6.54 Å². The number of aromatic hydroxyl groups is 1. The number of fused-ring (bicyclic) bond motifs is 1. The highest BCUT2D eigenvalue weighted by molar-refractivity contribution is 6.35.